The largest absolute Gasteiger partial charge is 0.309 e. The molecule has 0 aliphatic carbocycles. The third kappa shape index (κ3) is 3.85. The maximum atomic E-state index is 2.45. The van der Waals surface area contributed by atoms with Crippen LogP contribution in [0.2, 0.25) is 0 Å². The molecule has 9 rings (SSSR count). The molecule has 3 heteroatoms. The van der Waals surface area contributed by atoms with Gasteiger partial charge >= 0.3 is 0 Å². The van der Waals surface area contributed by atoms with Crippen molar-refractivity contribution in [3.8, 4) is 5.69 Å². The predicted molar refractivity (Wildman–Crippen MR) is 197 cm³/mol. The third-order valence-corrected chi connectivity index (χ3v) is 15.6. The molecule has 0 N–H and O–H groups in total. The van der Waals surface area contributed by atoms with E-state index in [1.54, 1.807) is 0 Å². The van der Waals surface area contributed by atoms with Gasteiger partial charge in [-0.05, 0) is 51.1 Å². The van der Waals surface area contributed by atoms with E-state index in [9.17, 15) is 0 Å². The van der Waals surface area contributed by atoms with Crippen molar-refractivity contribution in [1.82, 2.24) is 4.57 Å². The molecule has 9 aromatic rings. The monoisotopic (exact) mass is 607 g/mol. The quantitative estimate of drug-likeness (QED) is 0.137. The van der Waals surface area contributed by atoms with Crippen LogP contribution in [0.25, 0.3) is 47.7 Å². The average Bonchev–Trinajstić information content (AvgIpc) is 3.67. The van der Waals surface area contributed by atoms with Crippen LogP contribution in [0.4, 0.5) is 0 Å². The summed E-state index contributed by atoms with van der Waals surface area (Å²) < 4.78 is 5.17. The maximum Gasteiger partial charge on any atom is 0.181 e. The lowest BCUT2D eigenvalue weighted by molar-refractivity contribution is 1.18. The molecular formula is C42H29NSSi. The highest BCUT2D eigenvalue weighted by Crippen LogP contribution is 2.36. The van der Waals surface area contributed by atoms with Gasteiger partial charge in [-0.25, -0.2) is 0 Å². The minimum atomic E-state index is -2.90. The Morgan fingerprint density at radius 2 is 0.933 bits per heavy atom. The van der Waals surface area contributed by atoms with E-state index < -0.39 is 8.07 Å². The fraction of sp³-hybridized carbons (Fsp3) is 0. The maximum absolute atomic E-state index is 2.90. The summed E-state index contributed by atoms with van der Waals surface area (Å²) in [5.74, 6) is 0. The zero-order valence-electron chi connectivity index (χ0n) is 24.6. The Balaban J connectivity index is 1.52. The first-order valence-corrected chi connectivity index (χ1v) is 18.3. The summed E-state index contributed by atoms with van der Waals surface area (Å²) in [4.78, 5) is 0. The van der Waals surface area contributed by atoms with Crippen LogP contribution < -0.4 is 20.7 Å². The first-order chi connectivity index (χ1) is 22.4. The Bertz CT molecular complexity index is 2440. The number of thiophene rings is 1. The predicted octanol–water partition coefficient (Wildman–Crippen LogP) is 8.53. The third-order valence-electron chi connectivity index (χ3n) is 9.34. The van der Waals surface area contributed by atoms with Crippen LogP contribution in [-0.2, 0) is 0 Å². The molecule has 0 fully saturated rings. The topological polar surface area (TPSA) is 4.93 Å². The molecule has 45 heavy (non-hydrogen) atoms. The minimum Gasteiger partial charge on any atom is -0.309 e. The number of benzene rings is 7. The van der Waals surface area contributed by atoms with E-state index >= 15 is 0 Å². The number of hydrogen-bond acceptors (Lipinski definition) is 1. The number of nitrogens with zero attached hydrogens (tertiary/aromatic N) is 1. The Morgan fingerprint density at radius 1 is 0.400 bits per heavy atom. The smallest absolute Gasteiger partial charge is 0.181 e. The van der Waals surface area contributed by atoms with Crippen LogP contribution in [0.3, 0.4) is 0 Å². The Morgan fingerprint density at radius 3 is 1.67 bits per heavy atom. The fourth-order valence-corrected chi connectivity index (χ4v) is 14.3. The summed E-state index contributed by atoms with van der Waals surface area (Å²) in [5, 5.41) is 11.0. The Kier molecular flexibility index (Phi) is 6.08. The summed E-state index contributed by atoms with van der Waals surface area (Å²) in [6.07, 6.45) is 0. The molecule has 2 heterocycles. The molecule has 0 radical (unpaired) electrons. The standard InChI is InChI=1S/C42H29NSSi/c1-4-16-30(17-5-1)43-36-25-12-10-23-35(36)41-37(43)26-15-28-39(41)45(31-18-6-2-7-19-31,32-20-8-3-9-21-32)40-29-14-24-34-33-22-11-13-27-38(33)44-42(34)40/h1-29H. The first-order valence-electron chi connectivity index (χ1n) is 15.5. The van der Waals surface area contributed by atoms with E-state index in [2.05, 4.69) is 180 Å². The van der Waals surface area contributed by atoms with E-state index in [4.69, 9.17) is 0 Å². The highest BCUT2D eigenvalue weighted by atomic mass is 32.1. The van der Waals surface area contributed by atoms with E-state index in [0.717, 1.165) is 0 Å². The second kappa shape index (κ2) is 10.4. The van der Waals surface area contributed by atoms with Gasteiger partial charge in [0.05, 0.1) is 11.0 Å². The van der Waals surface area contributed by atoms with E-state index in [1.807, 2.05) is 11.3 Å². The van der Waals surface area contributed by atoms with Gasteiger partial charge in [0.1, 0.15) is 0 Å². The minimum absolute atomic E-state index is 1.18. The van der Waals surface area contributed by atoms with Crippen LogP contribution in [0.1, 0.15) is 0 Å². The number of aromatic nitrogens is 1. The van der Waals surface area contributed by atoms with Gasteiger partial charge in [0.15, 0.2) is 8.07 Å². The zero-order valence-corrected chi connectivity index (χ0v) is 26.4. The molecule has 0 bridgehead atoms. The summed E-state index contributed by atoms with van der Waals surface area (Å²) in [5.41, 5.74) is 3.65. The van der Waals surface area contributed by atoms with Gasteiger partial charge < -0.3 is 4.57 Å². The lowest BCUT2D eigenvalue weighted by atomic mass is 10.1. The Hall–Kier alpha value is -5.22. The van der Waals surface area contributed by atoms with E-state index in [1.165, 1.54) is 68.4 Å². The lowest BCUT2D eigenvalue weighted by Crippen LogP contribution is -2.75. The second-order valence-electron chi connectivity index (χ2n) is 11.7. The highest BCUT2D eigenvalue weighted by Gasteiger charge is 2.44. The zero-order chi connectivity index (χ0) is 29.8. The summed E-state index contributed by atoms with van der Waals surface area (Å²) in [7, 11) is -2.90. The number of para-hydroxylation sites is 2. The molecule has 0 aliphatic rings. The van der Waals surface area contributed by atoms with Crippen molar-refractivity contribution in [2.24, 2.45) is 0 Å². The van der Waals surface area contributed by atoms with Crippen LogP contribution in [0.5, 0.6) is 0 Å². The summed E-state index contributed by atoms with van der Waals surface area (Å²) in [6, 6.07) is 65.4. The lowest BCUT2D eigenvalue weighted by Gasteiger charge is -2.35. The van der Waals surface area contributed by atoms with Gasteiger partial charge in [-0.2, -0.15) is 0 Å². The molecule has 7 aromatic carbocycles. The Labute approximate surface area is 267 Å². The summed E-state index contributed by atoms with van der Waals surface area (Å²) in [6.45, 7) is 0. The van der Waals surface area contributed by atoms with E-state index in [0.29, 0.717) is 0 Å². The van der Waals surface area contributed by atoms with Crippen molar-refractivity contribution >= 4 is 82.1 Å². The van der Waals surface area contributed by atoms with Crippen LogP contribution in [0.15, 0.2) is 176 Å². The van der Waals surface area contributed by atoms with Crippen molar-refractivity contribution in [1.29, 1.82) is 0 Å². The average molecular weight is 608 g/mol. The van der Waals surface area contributed by atoms with Gasteiger partial charge in [-0.1, -0.05) is 146 Å². The van der Waals surface area contributed by atoms with Crippen molar-refractivity contribution in [3.05, 3.63) is 176 Å². The number of fused-ring (bicyclic) bond motifs is 6. The second-order valence-corrected chi connectivity index (χ2v) is 16.4. The SMILES string of the molecule is c1ccc(-n2c3ccccc3c3c([Si](c4ccccc4)(c4ccccc4)c4cccc5c4sc4ccccc45)cccc32)cc1. The van der Waals surface area contributed by atoms with Crippen LogP contribution in [0, 0.1) is 0 Å². The van der Waals surface area contributed by atoms with Gasteiger partial charge in [0.25, 0.3) is 0 Å². The number of rotatable bonds is 5. The number of hydrogen-bond donors (Lipinski definition) is 0. The fourth-order valence-electron chi connectivity index (χ4n) is 7.54. The van der Waals surface area contributed by atoms with Gasteiger partial charge in [0, 0.05) is 36.6 Å². The molecule has 0 amide bonds. The molecule has 2 aromatic heterocycles. The van der Waals surface area contributed by atoms with Crippen LogP contribution >= 0.6 is 11.3 Å². The molecule has 1 nitrogen and oxygen atoms in total. The first kappa shape index (κ1) is 26.2. The van der Waals surface area contributed by atoms with Gasteiger partial charge in [-0.3, -0.25) is 0 Å². The van der Waals surface area contributed by atoms with Crippen molar-refractivity contribution in [2.75, 3.05) is 0 Å². The van der Waals surface area contributed by atoms with Crippen molar-refractivity contribution < 1.29 is 0 Å². The molecular weight excluding hydrogens is 579 g/mol. The van der Waals surface area contributed by atoms with E-state index in [-0.39, 0.29) is 0 Å². The molecule has 0 saturated carbocycles. The van der Waals surface area contributed by atoms with Gasteiger partial charge in [0.2, 0.25) is 0 Å². The molecule has 0 atom stereocenters. The summed E-state index contributed by atoms with van der Waals surface area (Å²) >= 11 is 1.94. The molecule has 0 spiro atoms. The molecule has 212 valence electrons. The highest BCUT2D eigenvalue weighted by molar-refractivity contribution is 7.31. The van der Waals surface area contributed by atoms with Gasteiger partial charge in [-0.15, -0.1) is 11.3 Å². The normalized spacial score (nSPS) is 12.0. The molecule has 0 aliphatic heterocycles. The molecule has 0 saturated heterocycles. The van der Waals surface area contributed by atoms with Crippen molar-refractivity contribution in [3.63, 3.8) is 0 Å². The van der Waals surface area contributed by atoms with Crippen LogP contribution in [-0.4, -0.2) is 12.6 Å². The van der Waals surface area contributed by atoms with Crippen molar-refractivity contribution in [2.45, 2.75) is 0 Å². The molecule has 0 unspecified atom stereocenters.